The van der Waals surface area contributed by atoms with Gasteiger partial charge in [0.15, 0.2) is 0 Å². The van der Waals surface area contributed by atoms with Gasteiger partial charge in [0.2, 0.25) is 0 Å². The summed E-state index contributed by atoms with van der Waals surface area (Å²) in [5.41, 5.74) is 8.21. The van der Waals surface area contributed by atoms with Crippen LogP contribution < -0.4 is 11.1 Å². The molecule has 20 heavy (non-hydrogen) atoms. The highest BCUT2D eigenvalue weighted by Crippen LogP contribution is 2.21. The Hall–Kier alpha value is -2.10. The molecule has 1 aromatic heterocycles. The lowest BCUT2D eigenvalue weighted by Gasteiger charge is -2.18. The number of hydrogen-bond donors (Lipinski definition) is 2. The normalized spacial score (nSPS) is 11.4. The molecule has 1 heterocycles. The lowest BCUT2D eigenvalue weighted by Crippen LogP contribution is -2.18. The second-order valence-corrected chi connectivity index (χ2v) is 6.09. The first-order chi connectivity index (χ1) is 9.34. The molecule has 4 heteroatoms. The van der Waals surface area contributed by atoms with Crippen LogP contribution in [-0.4, -0.2) is 9.97 Å². The van der Waals surface area contributed by atoms with Crippen molar-refractivity contribution in [1.82, 2.24) is 9.97 Å². The lowest BCUT2D eigenvalue weighted by molar-refractivity contribution is 0.547. The van der Waals surface area contributed by atoms with E-state index in [1.807, 2.05) is 0 Å². The summed E-state index contributed by atoms with van der Waals surface area (Å²) >= 11 is 0. The fraction of sp³-hybridized carbons (Fsp3) is 0.375. The zero-order chi connectivity index (χ0) is 14.8. The van der Waals surface area contributed by atoms with Crippen LogP contribution >= 0.6 is 0 Å². The highest BCUT2D eigenvalue weighted by molar-refractivity contribution is 5.45. The van der Waals surface area contributed by atoms with Crippen LogP contribution in [0.15, 0.2) is 30.3 Å². The Kier molecular flexibility index (Phi) is 3.93. The summed E-state index contributed by atoms with van der Waals surface area (Å²) in [6.07, 6.45) is 0. The average molecular weight is 270 g/mol. The van der Waals surface area contributed by atoms with Crippen molar-refractivity contribution in [3.8, 4) is 0 Å². The summed E-state index contributed by atoms with van der Waals surface area (Å²) in [5, 5.41) is 3.30. The minimum atomic E-state index is -0.115. The number of nitrogens with one attached hydrogen (secondary N) is 1. The van der Waals surface area contributed by atoms with Gasteiger partial charge < -0.3 is 11.1 Å². The third-order valence-corrected chi connectivity index (χ3v) is 3.01. The van der Waals surface area contributed by atoms with Crippen LogP contribution in [0.25, 0.3) is 0 Å². The van der Waals surface area contributed by atoms with Crippen LogP contribution in [0.1, 0.15) is 37.7 Å². The zero-order valence-corrected chi connectivity index (χ0v) is 12.6. The third-order valence-electron chi connectivity index (χ3n) is 3.01. The molecule has 1 aromatic carbocycles. The molecule has 0 aliphatic rings. The van der Waals surface area contributed by atoms with E-state index in [2.05, 4.69) is 67.2 Å². The van der Waals surface area contributed by atoms with Gasteiger partial charge in [-0.3, -0.25) is 0 Å². The predicted molar refractivity (Wildman–Crippen MR) is 83.7 cm³/mol. The topological polar surface area (TPSA) is 63.8 Å². The molecule has 2 aromatic rings. The van der Waals surface area contributed by atoms with E-state index in [0.29, 0.717) is 5.82 Å². The molecule has 0 unspecified atom stereocenters. The number of nitrogen functional groups attached to an aromatic ring is 1. The van der Waals surface area contributed by atoms with Crippen molar-refractivity contribution in [3.63, 3.8) is 0 Å². The van der Waals surface area contributed by atoms with Crippen LogP contribution in [0.4, 0.5) is 11.6 Å². The van der Waals surface area contributed by atoms with Crippen molar-refractivity contribution < 1.29 is 0 Å². The number of anilines is 2. The summed E-state index contributed by atoms with van der Waals surface area (Å²) in [6.45, 7) is 9.03. The van der Waals surface area contributed by atoms with Crippen molar-refractivity contribution in [2.45, 2.75) is 39.7 Å². The third kappa shape index (κ3) is 3.70. The first kappa shape index (κ1) is 14.3. The fourth-order valence-electron chi connectivity index (χ4n) is 1.79. The number of aryl methyl sites for hydroxylation is 1. The van der Waals surface area contributed by atoms with Crippen molar-refractivity contribution in [2.24, 2.45) is 0 Å². The monoisotopic (exact) mass is 270 g/mol. The first-order valence-electron chi connectivity index (χ1n) is 6.79. The Balaban J connectivity index is 2.13. The summed E-state index contributed by atoms with van der Waals surface area (Å²) in [6, 6.07) is 10.2. The molecule has 0 saturated carbocycles. The number of hydrogen-bond acceptors (Lipinski definition) is 4. The van der Waals surface area contributed by atoms with E-state index in [1.54, 1.807) is 6.07 Å². The van der Waals surface area contributed by atoms with Gasteiger partial charge in [0.25, 0.3) is 0 Å². The van der Waals surface area contributed by atoms with Gasteiger partial charge in [0.05, 0.1) is 0 Å². The molecular formula is C16H22N4. The van der Waals surface area contributed by atoms with Crippen molar-refractivity contribution in [3.05, 3.63) is 47.3 Å². The molecule has 0 amide bonds. The number of aromatic nitrogens is 2. The minimum Gasteiger partial charge on any atom is -0.384 e. The van der Waals surface area contributed by atoms with Crippen molar-refractivity contribution in [1.29, 1.82) is 0 Å². The van der Waals surface area contributed by atoms with E-state index in [9.17, 15) is 0 Å². The molecule has 2 rings (SSSR count). The Bertz CT molecular complexity index is 582. The van der Waals surface area contributed by atoms with Crippen LogP contribution in [-0.2, 0) is 12.0 Å². The van der Waals surface area contributed by atoms with E-state index < -0.39 is 0 Å². The largest absolute Gasteiger partial charge is 0.384 e. The number of rotatable bonds is 3. The Morgan fingerprint density at radius 3 is 2.35 bits per heavy atom. The van der Waals surface area contributed by atoms with E-state index in [0.717, 1.165) is 18.2 Å². The molecule has 0 aliphatic heterocycles. The van der Waals surface area contributed by atoms with E-state index in [-0.39, 0.29) is 5.41 Å². The summed E-state index contributed by atoms with van der Waals surface area (Å²) in [7, 11) is 0. The van der Waals surface area contributed by atoms with Crippen molar-refractivity contribution in [2.75, 3.05) is 11.1 Å². The van der Waals surface area contributed by atoms with Gasteiger partial charge >= 0.3 is 0 Å². The summed E-state index contributed by atoms with van der Waals surface area (Å²) < 4.78 is 0. The predicted octanol–water partition coefficient (Wildman–Crippen LogP) is 3.28. The van der Waals surface area contributed by atoms with Gasteiger partial charge in [-0.25, -0.2) is 9.97 Å². The molecule has 106 valence electrons. The van der Waals surface area contributed by atoms with E-state index in [1.165, 1.54) is 11.1 Å². The van der Waals surface area contributed by atoms with E-state index >= 15 is 0 Å². The number of benzene rings is 1. The Morgan fingerprint density at radius 1 is 1.10 bits per heavy atom. The molecule has 0 radical (unpaired) electrons. The van der Waals surface area contributed by atoms with Crippen LogP contribution in [0, 0.1) is 6.92 Å². The van der Waals surface area contributed by atoms with Gasteiger partial charge in [-0.2, -0.15) is 0 Å². The number of nitrogens with zero attached hydrogens (tertiary/aromatic N) is 2. The van der Waals surface area contributed by atoms with Gasteiger partial charge in [-0.05, 0) is 12.5 Å². The van der Waals surface area contributed by atoms with Gasteiger partial charge in [-0.1, -0.05) is 50.6 Å². The highest BCUT2D eigenvalue weighted by Gasteiger charge is 2.18. The van der Waals surface area contributed by atoms with Gasteiger partial charge in [0.1, 0.15) is 17.5 Å². The molecule has 0 saturated heterocycles. The Labute approximate surface area is 120 Å². The number of nitrogens with two attached hydrogens (primary N) is 1. The van der Waals surface area contributed by atoms with Gasteiger partial charge in [-0.15, -0.1) is 0 Å². The first-order valence-corrected chi connectivity index (χ1v) is 6.79. The summed E-state index contributed by atoms with van der Waals surface area (Å²) in [4.78, 5) is 8.83. The van der Waals surface area contributed by atoms with Crippen LogP contribution in [0.5, 0.6) is 0 Å². The maximum atomic E-state index is 5.85. The molecule has 0 aliphatic carbocycles. The smallest absolute Gasteiger partial charge is 0.138 e. The zero-order valence-electron chi connectivity index (χ0n) is 12.6. The SMILES string of the molecule is Cc1ccc(CNc2cc(N)nc(C(C)(C)C)n2)cc1. The molecular weight excluding hydrogens is 248 g/mol. The molecule has 0 fully saturated rings. The minimum absolute atomic E-state index is 0.115. The molecule has 0 bridgehead atoms. The molecule has 3 N–H and O–H groups in total. The standard InChI is InChI=1S/C16H22N4/c1-11-5-7-12(8-6-11)10-18-14-9-13(17)19-15(20-14)16(2,3)4/h5-9H,10H2,1-4H3,(H3,17,18,19,20). The van der Waals surface area contributed by atoms with Crippen molar-refractivity contribution >= 4 is 11.6 Å². The lowest BCUT2D eigenvalue weighted by atomic mass is 9.96. The fourth-order valence-corrected chi connectivity index (χ4v) is 1.79. The quantitative estimate of drug-likeness (QED) is 0.898. The second-order valence-electron chi connectivity index (χ2n) is 6.09. The van der Waals surface area contributed by atoms with Gasteiger partial charge in [0, 0.05) is 18.0 Å². The maximum Gasteiger partial charge on any atom is 0.138 e. The second kappa shape index (κ2) is 5.49. The Morgan fingerprint density at radius 2 is 1.75 bits per heavy atom. The average Bonchev–Trinajstić information content (AvgIpc) is 2.36. The molecule has 0 spiro atoms. The highest BCUT2D eigenvalue weighted by atomic mass is 15.1. The molecule has 4 nitrogen and oxygen atoms in total. The molecule has 0 atom stereocenters. The van der Waals surface area contributed by atoms with Crippen LogP contribution in [0.3, 0.4) is 0 Å². The maximum absolute atomic E-state index is 5.85. The van der Waals surface area contributed by atoms with E-state index in [4.69, 9.17) is 5.73 Å². The summed E-state index contributed by atoms with van der Waals surface area (Å²) in [5.74, 6) is 2.02. The van der Waals surface area contributed by atoms with Crippen LogP contribution in [0.2, 0.25) is 0 Å².